The number of carbonyl (C=O) groups excluding carboxylic acids is 2. The standard InChI is InChI=1S/C35H37NO6/c1-5-17-41-35(38)32-22(2)36-27-18-25(24-15-16-30(39-3)31(20-24)40-4)19-28(37)34(27)33(32)26-13-9-10-14-29(26)42-21-23-11-7-6-8-12-23/h6-16,20,25,33,36H,5,17-19,21H2,1-4H3. The number of allylic oxidation sites excluding steroid dienone is 3. The number of ether oxygens (including phenoxy) is 4. The fourth-order valence-corrected chi connectivity index (χ4v) is 5.82. The molecular formula is C35H37NO6. The number of esters is 1. The maximum absolute atomic E-state index is 14.1. The topological polar surface area (TPSA) is 83.1 Å². The molecule has 0 spiro atoms. The quantitative estimate of drug-likeness (QED) is 0.277. The van der Waals surface area contributed by atoms with Gasteiger partial charge in [-0.2, -0.15) is 0 Å². The first kappa shape index (κ1) is 29.0. The number of benzene rings is 3. The summed E-state index contributed by atoms with van der Waals surface area (Å²) in [6.07, 6.45) is 1.61. The minimum atomic E-state index is -0.614. The van der Waals surface area contributed by atoms with Crippen LogP contribution in [0.15, 0.2) is 95.3 Å². The lowest BCUT2D eigenvalue weighted by Crippen LogP contribution is -2.36. The summed E-state index contributed by atoms with van der Waals surface area (Å²) in [6.45, 7) is 4.49. The maximum atomic E-state index is 14.1. The fraction of sp³-hybridized carbons (Fsp3) is 0.314. The number of Topliss-reactive ketones (excluding diaryl/α,β-unsaturated/α-hetero) is 1. The predicted molar refractivity (Wildman–Crippen MR) is 161 cm³/mol. The molecule has 0 bridgehead atoms. The minimum Gasteiger partial charge on any atom is -0.493 e. The van der Waals surface area contributed by atoms with Crippen molar-refractivity contribution in [1.29, 1.82) is 0 Å². The van der Waals surface area contributed by atoms with Gasteiger partial charge < -0.3 is 24.3 Å². The second-order valence-corrected chi connectivity index (χ2v) is 10.6. The van der Waals surface area contributed by atoms with Gasteiger partial charge in [-0.15, -0.1) is 0 Å². The highest BCUT2D eigenvalue weighted by Gasteiger charge is 2.42. The number of para-hydroxylation sites is 1. The van der Waals surface area contributed by atoms with Crippen molar-refractivity contribution in [3.8, 4) is 17.2 Å². The third kappa shape index (κ3) is 5.91. The number of carbonyl (C=O) groups is 2. The lowest BCUT2D eigenvalue weighted by molar-refractivity contribution is -0.139. The van der Waals surface area contributed by atoms with E-state index in [4.69, 9.17) is 18.9 Å². The summed E-state index contributed by atoms with van der Waals surface area (Å²) in [5.74, 6) is 0.777. The van der Waals surface area contributed by atoms with Crippen LogP contribution in [0.1, 0.15) is 61.6 Å². The Balaban J connectivity index is 1.55. The molecule has 7 heteroatoms. The number of nitrogens with one attached hydrogen (secondary N) is 1. The van der Waals surface area contributed by atoms with Crippen LogP contribution >= 0.6 is 0 Å². The maximum Gasteiger partial charge on any atom is 0.336 e. The van der Waals surface area contributed by atoms with Gasteiger partial charge in [0.15, 0.2) is 17.3 Å². The molecule has 218 valence electrons. The molecule has 0 saturated carbocycles. The Kier molecular flexibility index (Phi) is 8.96. The summed E-state index contributed by atoms with van der Waals surface area (Å²) < 4.78 is 22.9. The molecule has 3 aromatic rings. The number of hydrogen-bond donors (Lipinski definition) is 1. The van der Waals surface area contributed by atoms with Crippen molar-refractivity contribution in [3.05, 3.63) is 112 Å². The van der Waals surface area contributed by atoms with Gasteiger partial charge in [0.2, 0.25) is 0 Å². The molecule has 1 N–H and O–H groups in total. The lowest BCUT2D eigenvalue weighted by atomic mass is 9.71. The molecule has 2 unspecified atom stereocenters. The average Bonchev–Trinajstić information content (AvgIpc) is 3.02. The summed E-state index contributed by atoms with van der Waals surface area (Å²) in [5, 5.41) is 3.42. The van der Waals surface area contributed by atoms with Crippen LogP contribution in [-0.4, -0.2) is 32.6 Å². The molecule has 0 radical (unpaired) electrons. The predicted octanol–water partition coefficient (Wildman–Crippen LogP) is 6.60. The second-order valence-electron chi connectivity index (χ2n) is 10.6. The molecule has 1 heterocycles. The normalized spacial score (nSPS) is 18.2. The van der Waals surface area contributed by atoms with Gasteiger partial charge in [0.1, 0.15) is 12.4 Å². The number of hydrogen-bond acceptors (Lipinski definition) is 7. The van der Waals surface area contributed by atoms with Crippen LogP contribution in [0.3, 0.4) is 0 Å². The molecule has 2 atom stereocenters. The van der Waals surface area contributed by atoms with Crippen molar-refractivity contribution in [1.82, 2.24) is 5.32 Å². The largest absolute Gasteiger partial charge is 0.493 e. The zero-order chi connectivity index (χ0) is 29.6. The summed E-state index contributed by atoms with van der Waals surface area (Å²) >= 11 is 0. The second kappa shape index (κ2) is 13.0. The van der Waals surface area contributed by atoms with Crippen molar-refractivity contribution < 1.29 is 28.5 Å². The highest BCUT2D eigenvalue weighted by Crippen LogP contribution is 2.48. The Morgan fingerprint density at radius 1 is 0.905 bits per heavy atom. The molecule has 5 rings (SSSR count). The molecular weight excluding hydrogens is 530 g/mol. The van der Waals surface area contributed by atoms with E-state index in [0.717, 1.165) is 22.4 Å². The number of methoxy groups -OCH3 is 2. The molecule has 1 aliphatic heterocycles. The molecule has 0 amide bonds. The van der Waals surface area contributed by atoms with E-state index in [1.807, 2.05) is 86.6 Å². The van der Waals surface area contributed by atoms with Crippen molar-refractivity contribution in [3.63, 3.8) is 0 Å². The van der Waals surface area contributed by atoms with Crippen LogP contribution in [-0.2, 0) is 20.9 Å². The molecule has 0 aromatic heterocycles. The Labute approximate surface area is 247 Å². The fourth-order valence-electron chi connectivity index (χ4n) is 5.82. The average molecular weight is 568 g/mol. The molecule has 0 saturated heterocycles. The van der Waals surface area contributed by atoms with E-state index >= 15 is 0 Å². The third-order valence-corrected chi connectivity index (χ3v) is 7.83. The first-order valence-electron chi connectivity index (χ1n) is 14.3. The van der Waals surface area contributed by atoms with Gasteiger partial charge in [-0.1, -0.05) is 61.5 Å². The summed E-state index contributed by atoms with van der Waals surface area (Å²) in [4.78, 5) is 27.6. The summed E-state index contributed by atoms with van der Waals surface area (Å²) in [7, 11) is 3.21. The number of ketones is 1. The van der Waals surface area contributed by atoms with Gasteiger partial charge in [-0.05, 0) is 55.0 Å². The van der Waals surface area contributed by atoms with E-state index in [1.165, 1.54) is 0 Å². The lowest BCUT2D eigenvalue weighted by Gasteiger charge is -2.37. The number of dihydropyridines is 1. The van der Waals surface area contributed by atoms with Gasteiger partial charge in [0.05, 0.1) is 32.3 Å². The van der Waals surface area contributed by atoms with E-state index < -0.39 is 11.9 Å². The zero-order valence-corrected chi connectivity index (χ0v) is 24.6. The van der Waals surface area contributed by atoms with Gasteiger partial charge in [-0.3, -0.25) is 4.79 Å². The van der Waals surface area contributed by atoms with E-state index in [-0.39, 0.29) is 11.7 Å². The Morgan fingerprint density at radius 2 is 1.64 bits per heavy atom. The molecule has 3 aromatic carbocycles. The third-order valence-electron chi connectivity index (χ3n) is 7.83. The van der Waals surface area contributed by atoms with E-state index in [0.29, 0.717) is 66.6 Å². The van der Waals surface area contributed by atoms with Gasteiger partial charge in [0, 0.05) is 29.0 Å². The minimum absolute atomic E-state index is 0.0142. The van der Waals surface area contributed by atoms with Crippen LogP contribution < -0.4 is 19.5 Å². The summed E-state index contributed by atoms with van der Waals surface area (Å²) in [6, 6.07) is 23.3. The van der Waals surface area contributed by atoms with Gasteiger partial charge in [-0.25, -0.2) is 4.79 Å². The van der Waals surface area contributed by atoms with Crippen molar-refractivity contribution in [2.24, 2.45) is 0 Å². The smallest absolute Gasteiger partial charge is 0.336 e. The van der Waals surface area contributed by atoms with Gasteiger partial charge in [0.25, 0.3) is 0 Å². The number of rotatable bonds is 10. The summed E-state index contributed by atoms with van der Waals surface area (Å²) in [5.41, 5.74) is 5.32. The Morgan fingerprint density at radius 3 is 2.38 bits per heavy atom. The highest BCUT2D eigenvalue weighted by atomic mass is 16.5. The SMILES string of the molecule is CCCOC(=O)C1=C(C)NC2=C(C(=O)CC(c3ccc(OC)c(OC)c3)C2)C1c1ccccc1OCc1ccccc1. The van der Waals surface area contributed by atoms with E-state index in [2.05, 4.69) is 5.32 Å². The first-order chi connectivity index (χ1) is 20.4. The van der Waals surface area contributed by atoms with Crippen LogP contribution in [0.25, 0.3) is 0 Å². The molecule has 7 nitrogen and oxygen atoms in total. The van der Waals surface area contributed by atoms with Crippen LogP contribution in [0, 0.1) is 0 Å². The van der Waals surface area contributed by atoms with E-state index in [1.54, 1.807) is 14.2 Å². The highest BCUT2D eigenvalue weighted by molar-refractivity contribution is 6.04. The van der Waals surface area contributed by atoms with Crippen LogP contribution in [0.2, 0.25) is 0 Å². The molecule has 42 heavy (non-hydrogen) atoms. The van der Waals surface area contributed by atoms with Crippen molar-refractivity contribution in [2.45, 2.75) is 51.6 Å². The Hall–Kier alpha value is -4.52. The molecule has 2 aliphatic rings. The van der Waals surface area contributed by atoms with Crippen LogP contribution in [0.4, 0.5) is 0 Å². The Bertz CT molecular complexity index is 1520. The van der Waals surface area contributed by atoms with Crippen molar-refractivity contribution in [2.75, 3.05) is 20.8 Å². The van der Waals surface area contributed by atoms with Crippen molar-refractivity contribution >= 4 is 11.8 Å². The molecule has 1 aliphatic carbocycles. The van der Waals surface area contributed by atoms with E-state index in [9.17, 15) is 9.59 Å². The molecule has 0 fully saturated rings. The first-order valence-corrected chi connectivity index (χ1v) is 14.3. The van der Waals surface area contributed by atoms with Crippen LogP contribution in [0.5, 0.6) is 17.2 Å². The monoisotopic (exact) mass is 567 g/mol. The zero-order valence-electron chi connectivity index (χ0n) is 24.6. The van der Waals surface area contributed by atoms with Gasteiger partial charge >= 0.3 is 5.97 Å².